The van der Waals surface area contributed by atoms with Crippen molar-refractivity contribution >= 4 is 12.4 Å². The number of nitrogens with one attached hydrogen (secondary N) is 1. The van der Waals surface area contributed by atoms with Crippen molar-refractivity contribution in [2.45, 2.75) is 25.4 Å². The van der Waals surface area contributed by atoms with Gasteiger partial charge in [-0.15, -0.1) is 0 Å². The van der Waals surface area contributed by atoms with E-state index < -0.39 is 0 Å². The van der Waals surface area contributed by atoms with Crippen molar-refractivity contribution in [3.8, 4) is 0 Å². The molecule has 0 aromatic rings. The first kappa shape index (κ1) is 9.30. The van der Waals surface area contributed by atoms with Gasteiger partial charge in [0.25, 0.3) is 0 Å². The number of amides is 3. The summed E-state index contributed by atoms with van der Waals surface area (Å²) in [6, 6.07) is -0.0582. The van der Waals surface area contributed by atoms with Crippen molar-refractivity contribution in [3.63, 3.8) is 0 Å². The van der Waals surface area contributed by atoms with E-state index in [2.05, 4.69) is 5.32 Å². The van der Waals surface area contributed by atoms with E-state index in [0.717, 1.165) is 25.8 Å². The lowest BCUT2D eigenvalue weighted by atomic mass is 10.1. The molecule has 77 valence electrons. The largest absolute Gasteiger partial charge is 0.336 e. The van der Waals surface area contributed by atoms with Crippen molar-refractivity contribution in [2.75, 3.05) is 19.6 Å². The first-order chi connectivity index (χ1) is 6.83. The molecule has 0 saturated carbocycles. The number of hydrogen-bond donors (Lipinski definition) is 1. The molecule has 5 heteroatoms. The highest BCUT2D eigenvalue weighted by Crippen LogP contribution is 2.19. The Kier molecular flexibility index (Phi) is 2.56. The Morgan fingerprint density at radius 3 is 2.86 bits per heavy atom. The fraction of sp³-hybridized carbons (Fsp3) is 0.778. The number of urea groups is 1. The molecule has 2 saturated heterocycles. The molecule has 2 rings (SSSR count). The number of carbonyl (C=O) groups excluding carboxylic acids is 2. The summed E-state index contributed by atoms with van der Waals surface area (Å²) in [6.07, 6.45) is 4.82. The van der Waals surface area contributed by atoms with E-state index in [1.807, 2.05) is 6.41 Å². The highest BCUT2D eigenvalue weighted by Gasteiger charge is 2.33. The second kappa shape index (κ2) is 3.86. The molecule has 1 atom stereocenters. The van der Waals surface area contributed by atoms with E-state index >= 15 is 0 Å². The summed E-state index contributed by atoms with van der Waals surface area (Å²) < 4.78 is 0. The third-order valence-corrected chi connectivity index (χ3v) is 2.84. The summed E-state index contributed by atoms with van der Waals surface area (Å²) in [6.45, 7) is 2.10. The average Bonchev–Trinajstić information content (AvgIpc) is 2.64. The third kappa shape index (κ3) is 1.54. The van der Waals surface area contributed by atoms with Gasteiger partial charge >= 0.3 is 12.4 Å². The monoisotopic (exact) mass is 196 g/mol. The Morgan fingerprint density at radius 2 is 2.21 bits per heavy atom. The lowest BCUT2D eigenvalue weighted by molar-refractivity contribution is 0.0983. The second-order valence-electron chi connectivity index (χ2n) is 3.69. The zero-order chi connectivity index (χ0) is 9.97. The van der Waals surface area contributed by atoms with Gasteiger partial charge in [-0.05, 0) is 19.3 Å². The average molecular weight is 196 g/mol. The van der Waals surface area contributed by atoms with Crippen LogP contribution < -0.4 is 5.32 Å². The van der Waals surface area contributed by atoms with E-state index in [9.17, 15) is 9.59 Å². The Bertz CT molecular complexity index is 244. The standard InChI is InChI=1S/C9H14N3O2/c13-7-11-5-2-1-3-8(11)12-6-4-10-9(12)14/h8H,1-6H2,(H,10,14). The number of hydrogen-bond acceptors (Lipinski definition) is 2. The molecule has 2 aliphatic rings. The van der Waals surface area contributed by atoms with Crippen LogP contribution in [0.3, 0.4) is 0 Å². The molecule has 1 radical (unpaired) electrons. The molecule has 14 heavy (non-hydrogen) atoms. The van der Waals surface area contributed by atoms with E-state index in [-0.39, 0.29) is 12.2 Å². The lowest BCUT2D eigenvalue weighted by Gasteiger charge is -2.37. The highest BCUT2D eigenvalue weighted by atomic mass is 16.2. The number of likely N-dealkylation sites (tertiary alicyclic amines) is 1. The van der Waals surface area contributed by atoms with Gasteiger partial charge in [0.15, 0.2) is 0 Å². The Labute approximate surface area is 83.0 Å². The SMILES string of the molecule is O=[C]N1CCCCC1N1CCNC1=O. The van der Waals surface area contributed by atoms with Gasteiger partial charge in [0, 0.05) is 19.6 Å². The molecular formula is C9H14N3O2. The normalized spacial score (nSPS) is 27.7. The molecule has 2 heterocycles. The van der Waals surface area contributed by atoms with E-state index in [0.29, 0.717) is 13.1 Å². The van der Waals surface area contributed by atoms with Gasteiger partial charge in [-0.1, -0.05) is 0 Å². The molecule has 1 unspecified atom stereocenters. The highest BCUT2D eigenvalue weighted by molar-refractivity contribution is 5.76. The number of nitrogens with zero attached hydrogens (tertiary/aromatic N) is 2. The van der Waals surface area contributed by atoms with Crippen LogP contribution in [0, 0.1) is 0 Å². The molecule has 0 aromatic heterocycles. The molecule has 0 aliphatic carbocycles. The van der Waals surface area contributed by atoms with Crippen LogP contribution >= 0.6 is 0 Å². The molecule has 0 spiro atoms. The predicted octanol–water partition coefficient (Wildman–Crippen LogP) is -0.109. The van der Waals surface area contributed by atoms with Crippen molar-refractivity contribution in [1.29, 1.82) is 0 Å². The van der Waals surface area contributed by atoms with Crippen LogP contribution in [0.25, 0.3) is 0 Å². The third-order valence-electron chi connectivity index (χ3n) is 2.84. The number of rotatable bonds is 2. The van der Waals surface area contributed by atoms with Crippen molar-refractivity contribution in [2.24, 2.45) is 0 Å². The summed E-state index contributed by atoms with van der Waals surface area (Å²) in [5.41, 5.74) is 0. The summed E-state index contributed by atoms with van der Waals surface area (Å²) in [7, 11) is 0. The summed E-state index contributed by atoms with van der Waals surface area (Å²) in [5, 5.41) is 2.74. The molecule has 3 amide bonds. The second-order valence-corrected chi connectivity index (χ2v) is 3.69. The van der Waals surface area contributed by atoms with Gasteiger partial charge in [0.05, 0.1) is 0 Å². The summed E-state index contributed by atoms with van der Waals surface area (Å²) in [5.74, 6) is 0. The van der Waals surface area contributed by atoms with Crippen molar-refractivity contribution < 1.29 is 9.59 Å². The predicted molar refractivity (Wildman–Crippen MR) is 50.1 cm³/mol. The molecule has 0 aromatic carbocycles. The van der Waals surface area contributed by atoms with Gasteiger partial charge < -0.3 is 15.1 Å². The van der Waals surface area contributed by atoms with E-state index in [1.165, 1.54) is 0 Å². The van der Waals surface area contributed by atoms with Crippen LogP contribution in [-0.2, 0) is 4.79 Å². The minimum absolute atomic E-state index is 0.0582. The maximum Gasteiger partial charge on any atom is 0.319 e. The Morgan fingerprint density at radius 1 is 1.36 bits per heavy atom. The molecule has 1 N–H and O–H groups in total. The fourth-order valence-corrected chi connectivity index (χ4v) is 2.12. The molecule has 2 aliphatic heterocycles. The van der Waals surface area contributed by atoms with E-state index in [4.69, 9.17) is 0 Å². The fourth-order valence-electron chi connectivity index (χ4n) is 2.12. The number of piperidine rings is 1. The lowest BCUT2D eigenvalue weighted by Crippen LogP contribution is -2.51. The maximum absolute atomic E-state index is 11.4. The molecular weight excluding hydrogens is 182 g/mol. The smallest absolute Gasteiger partial charge is 0.319 e. The molecule has 5 nitrogen and oxygen atoms in total. The van der Waals surface area contributed by atoms with Gasteiger partial charge in [-0.25, -0.2) is 4.79 Å². The van der Waals surface area contributed by atoms with Crippen LogP contribution in [0.5, 0.6) is 0 Å². The Balaban J connectivity index is 2.06. The topological polar surface area (TPSA) is 52.7 Å². The molecule has 2 fully saturated rings. The minimum atomic E-state index is -0.0660. The summed E-state index contributed by atoms with van der Waals surface area (Å²) >= 11 is 0. The first-order valence-electron chi connectivity index (χ1n) is 5.02. The minimum Gasteiger partial charge on any atom is -0.336 e. The maximum atomic E-state index is 11.4. The van der Waals surface area contributed by atoms with Crippen molar-refractivity contribution in [3.05, 3.63) is 0 Å². The number of carbonyl (C=O) groups is 1. The first-order valence-corrected chi connectivity index (χ1v) is 5.02. The Hall–Kier alpha value is -1.26. The van der Waals surface area contributed by atoms with Crippen LogP contribution in [0.1, 0.15) is 19.3 Å². The van der Waals surface area contributed by atoms with Crippen LogP contribution in [0.2, 0.25) is 0 Å². The van der Waals surface area contributed by atoms with Crippen LogP contribution in [0.15, 0.2) is 0 Å². The zero-order valence-corrected chi connectivity index (χ0v) is 8.03. The van der Waals surface area contributed by atoms with Gasteiger partial charge in [0.1, 0.15) is 6.17 Å². The van der Waals surface area contributed by atoms with E-state index in [1.54, 1.807) is 9.80 Å². The van der Waals surface area contributed by atoms with Crippen molar-refractivity contribution in [1.82, 2.24) is 15.1 Å². The van der Waals surface area contributed by atoms with Gasteiger partial charge in [0.2, 0.25) is 0 Å². The van der Waals surface area contributed by atoms with Crippen LogP contribution in [0.4, 0.5) is 4.79 Å². The quantitative estimate of drug-likeness (QED) is 0.670. The van der Waals surface area contributed by atoms with Crippen LogP contribution in [-0.4, -0.2) is 48.0 Å². The summed E-state index contributed by atoms with van der Waals surface area (Å²) in [4.78, 5) is 25.4. The van der Waals surface area contributed by atoms with Gasteiger partial charge in [-0.3, -0.25) is 4.79 Å². The van der Waals surface area contributed by atoms with Gasteiger partial charge in [-0.2, -0.15) is 0 Å². The zero-order valence-electron chi connectivity index (χ0n) is 8.03. The molecule has 0 bridgehead atoms.